The van der Waals surface area contributed by atoms with Crippen LogP contribution in [0.4, 0.5) is 13.2 Å². The summed E-state index contributed by atoms with van der Waals surface area (Å²) in [5, 5.41) is 2.92. The molecule has 1 N–H and O–H groups in total. The normalized spacial score (nSPS) is 10.6. The molecular formula is C15H14F3NO. The molecule has 0 amide bonds. The van der Waals surface area contributed by atoms with Crippen LogP contribution in [0.2, 0.25) is 0 Å². The van der Waals surface area contributed by atoms with Crippen LogP contribution in [0.1, 0.15) is 11.1 Å². The highest BCUT2D eigenvalue weighted by atomic mass is 19.2. The van der Waals surface area contributed by atoms with Gasteiger partial charge < -0.3 is 10.1 Å². The van der Waals surface area contributed by atoms with Crippen LogP contribution in [0.15, 0.2) is 36.4 Å². The predicted octanol–water partition coefficient (Wildman–Crippen LogP) is 3.40. The number of hydrogen-bond acceptors (Lipinski definition) is 2. The van der Waals surface area contributed by atoms with Crippen molar-refractivity contribution in [2.75, 3.05) is 7.05 Å². The van der Waals surface area contributed by atoms with Gasteiger partial charge in [0.2, 0.25) is 0 Å². The average Bonchev–Trinajstić information content (AvgIpc) is 2.42. The van der Waals surface area contributed by atoms with Crippen molar-refractivity contribution in [2.45, 2.75) is 13.2 Å². The van der Waals surface area contributed by atoms with Crippen LogP contribution < -0.4 is 10.1 Å². The minimum absolute atomic E-state index is 0.0283. The molecule has 0 saturated heterocycles. The van der Waals surface area contributed by atoms with Gasteiger partial charge in [0.1, 0.15) is 6.61 Å². The van der Waals surface area contributed by atoms with E-state index in [2.05, 4.69) is 5.32 Å². The molecular weight excluding hydrogens is 267 g/mol. The molecule has 0 bridgehead atoms. The van der Waals surface area contributed by atoms with Crippen LogP contribution >= 0.6 is 0 Å². The van der Waals surface area contributed by atoms with Crippen LogP contribution in [0.5, 0.6) is 5.75 Å². The molecule has 0 aliphatic carbocycles. The quantitative estimate of drug-likeness (QED) is 0.907. The lowest BCUT2D eigenvalue weighted by Gasteiger charge is -2.09. The van der Waals surface area contributed by atoms with Crippen LogP contribution in [0, 0.1) is 17.5 Å². The van der Waals surface area contributed by atoms with Crippen LogP contribution in [-0.4, -0.2) is 7.05 Å². The van der Waals surface area contributed by atoms with Crippen molar-refractivity contribution < 1.29 is 17.9 Å². The molecule has 0 fully saturated rings. The lowest BCUT2D eigenvalue weighted by Crippen LogP contribution is -2.05. The molecule has 0 radical (unpaired) electrons. The Hall–Kier alpha value is -2.01. The van der Waals surface area contributed by atoms with Gasteiger partial charge in [-0.2, -0.15) is 0 Å². The van der Waals surface area contributed by atoms with Crippen molar-refractivity contribution in [1.29, 1.82) is 0 Å². The van der Waals surface area contributed by atoms with E-state index in [0.717, 1.165) is 17.7 Å². The standard InChI is InChI=1S/C15H14F3NO/c1-19-8-10-3-5-15(14(18)6-10)20-9-11-2-4-12(16)13(17)7-11/h2-7,19H,8-9H2,1H3. The van der Waals surface area contributed by atoms with Crippen molar-refractivity contribution in [3.05, 3.63) is 65.0 Å². The van der Waals surface area contributed by atoms with Gasteiger partial charge in [-0.15, -0.1) is 0 Å². The van der Waals surface area contributed by atoms with E-state index >= 15 is 0 Å². The van der Waals surface area contributed by atoms with Crippen molar-refractivity contribution in [3.8, 4) is 5.75 Å². The summed E-state index contributed by atoms with van der Waals surface area (Å²) in [6, 6.07) is 8.06. The van der Waals surface area contributed by atoms with E-state index in [1.807, 2.05) is 0 Å². The summed E-state index contributed by atoms with van der Waals surface area (Å²) in [4.78, 5) is 0. The summed E-state index contributed by atoms with van der Waals surface area (Å²) >= 11 is 0. The second kappa shape index (κ2) is 6.43. The number of ether oxygens (including phenoxy) is 1. The van der Waals surface area contributed by atoms with Gasteiger partial charge in [-0.05, 0) is 42.4 Å². The first-order valence-electron chi connectivity index (χ1n) is 6.10. The Kier molecular flexibility index (Phi) is 4.63. The zero-order valence-electron chi connectivity index (χ0n) is 10.9. The Morgan fingerprint density at radius 3 is 2.25 bits per heavy atom. The van der Waals surface area contributed by atoms with Gasteiger partial charge >= 0.3 is 0 Å². The van der Waals surface area contributed by atoms with E-state index in [0.29, 0.717) is 12.1 Å². The Bertz CT molecular complexity index is 602. The number of benzene rings is 2. The third kappa shape index (κ3) is 3.51. The summed E-state index contributed by atoms with van der Waals surface area (Å²) in [6.45, 7) is 0.528. The summed E-state index contributed by atoms with van der Waals surface area (Å²) < 4.78 is 44.8. The van der Waals surface area contributed by atoms with Gasteiger partial charge in [-0.1, -0.05) is 12.1 Å². The molecule has 2 rings (SSSR count). The summed E-state index contributed by atoms with van der Waals surface area (Å²) in [6.07, 6.45) is 0. The summed E-state index contributed by atoms with van der Waals surface area (Å²) in [5.41, 5.74) is 1.23. The zero-order chi connectivity index (χ0) is 14.5. The summed E-state index contributed by atoms with van der Waals surface area (Å²) in [7, 11) is 1.77. The number of nitrogens with one attached hydrogen (secondary N) is 1. The monoisotopic (exact) mass is 281 g/mol. The third-order valence-corrected chi connectivity index (χ3v) is 2.76. The maximum atomic E-state index is 13.7. The zero-order valence-corrected chi connectivity index (χ0v) is 10.9. The van der Waals surface area contributed by atoms with Gasteiger partial charge in [0, 0.05) is 6.54 Å². The molecule has 0 spiro atoms. The van der Waals surface area contributed by atoms with E-state index in [4.69, 9.17) is 4.74 Å². The van der Waals surface area contributed by atoms with E-state index in [9.17, 15) is 13.2 Å². The Balaban J connectivity index is 2.05. The first-order chi connectivity index (χ1) is 9.60. The lowest BCUT2D eigenvalue weighted by atomic mass is 10.2. The van der Waals surface area contributed by atoms with Gasteiger partial charge in [0.15, 0.2) is 23.2 Å². The fraction of sp³-hybridized carbons (Fsp3) is 0.200. The van der Waals surface area contributed by atoms with Gasteiger partial charge in [0.25, 0.3) is 0 Å². The second-order valence-electron chi connectivity index (χ2n) is 4.33. The largest absolute Gasteiger partial charge is 0.486 e. The molecule has 0 saturated carbocycles. The second-order valence-corrected chi connectivity index (χ2v) is 4.33. The molecule has 0 aromatic heterocycles. The molecule has 2 aromatic rings. The minimum Gasteiger partial charge on any atom is -0.486 e. The highest BCUT2D eigenvalue weighted by Crippen LogP contribution is 2.20. The maximum Gasteiger partial charge on any atom is 0.165 e. The average molecular weight is 281 g/mol. The molecule has 2 nitrogen and oxygen atoms in total. The van der Waals surface area contributed by atoms with Crippen molar-refractivity contribution >= 4 is 0 Å². The number of rotatable bonds is 5. The number of halogens is 3. The Morgan fingerprint density at radius 2 is 1.60 bits per heavy atom. The Labute approximate surface area is 115 Å². The van der Waals surface area contributed by atoms with Crippen molar-refractivity contribution in [3.63, 3.8) is 0 Å². The fourth-order valence-electron chi connectivity index (χ4n) is 1.77. The van der Waals surface area contributed by atoms with Crippen LogP contribution in [0.3, 0.4) is 0 Å². The van der Waals surface area contributed by atoms with E-state index in [1.54, 1.807) is 13.1 Å². The highest BCUT2D eigenvalue weighted by Gasteiger charge is 2.07. The predicted molar refractivity (Wildman–Crippen MR) is 69.9 cm³/mol. The van der Waals surface area contributed by atoms with Crippen LogP contribution in [-0.2, 0) is 13.2 Å². The third-order valence-electron chi connectivity index (χ3n) is 2.76. The fourth-order valence-corrected chi connectivity index (χ4v) is 1.77. The van der Waals surface area contributed by atoms with E-state index in [1.165, 1.54) is 18.2 Å². The molecule has 0 unspecified atom stereocenters. The summed E-state index contributed by atoms with van der Waals surface area (Å²) in [5.74, 6) is -2.28. The lowest BCUT2D eigenvalue weighted by molar-refractivity contribution is 0.289. The minimum atomic E-state index is -0.948. The Morgan fingerprint density at radius 1 is 0.900 bits per heavy atom. The smallest absolute Gasteiger partial charge is 0.165 e. The van der Waals surface area contributed by atoms with Crippen molar-refractivity contribution in [2.24, 2.45) is 0 Å². The van der Waals surface area contributed by atoms with E-state index in [-0.39, 0.29) is 12.4 Å². The van der Waals surface area contributed by atoms with Gasteiger partial charge in [-0.3, -0.25) is 0 Å². The molecule has 0 atom stereocenters. The molecule has 5 heteroatoms. The van der Waals surface area contributed by atoms with Gasteiger partial charge in [-0.25, -0.2) is 13.2 Å². The van der Waals surface area contributed by atoms with Crippen LogP contribution in [0.25, 0.3) is 0 Å². The first kappa shape index (κ1) is 14.4. The van der Waals surface area contributed by atoms with Crippen molar-refractivity contribution in [1.82, 2.24) is 5.32 Å². The van der Waals surface area contributed by atoms with Gasteiger partial charge in [0.05, 0.1) is 0 Å². The topological polar surface area (TPSA) is 21.3 Å². The SMILES string of the molecule is CNCc1ccc(OCc2ccc(F)c(F)c2)c(F)c1. The molecule has 0 aliphatic heterocycles. The molecule has 2 aromatic carbocycles. The molecule has 20 heavy (non-hydrogen) atoms. The highest BCUT2D eigenvalue weighted by molar-refractivity contribution is 5.29. The molecule has 0 heterocycles. The van der Waals surface area contributed by atoms with E-state index < -0.39 is 17.5 Å². The molecule has 106 valence electrons. The first-order valence-corrected chi connectivity index (χ1v) is 6.10. The molecule has 0 aliphatic rings. The number of hydrogen-bond donors (Lipinski definition) is 1. The maximum absolute atomic E-state index is 13.7.